The first-order valence-electron chi connectivity index (χ1n) is 8.37. The second-order valence-corrected chi connectivity index (χ2v) is 6.18. The molecule has 0 atom stereocenters. The number of nitrogens with zero attached hydrogens (tertiary/aromatic N) is 4. The Kier molecular flexibility index (Phi) is 3.98. The SMILES string of the molecule is Cc1nn(-c2ccccc2)c2[nH]c(=O)c(C#N)c(-c3ccc([N+](=O)[O-])cc3)c12. The number of aryl methyl sites for hydroxylation is 1. The Morgan fingerprint density at radius 1 is 1.14 bits per heavy atom. The van der Waals surface area contributed by atoms with Crippen LogP contribution in [0.5, 0.6) is 0 Å². The minimum absolute atomic E-state index is 0.0583. The molecule has 1 N–H and O–H groups in total. The first kappa shape index (κ1) is 17.2. The Morgan fingerprint density at radius 2 is 1.82 bits per heavy atom. The molecule has 2 aromatic heterocycles. The van der Waals surface area contributed by atoms with Gasteiger partial charge in [-0.05, 0) is 36.8 Å². The third kappa shape index (κ3) is 2.62. The quantitative estimate of drug-likeness (QED) is 0.437. The van der Waals surface area contributed by atoms with E-state index in [9.17, 15) is 20.2 Å². The van der Waals surface area contributed by atoms with Crippen molar-refractivity contribution in [1.29, 1.82) is 5.26 Å². The van der Waals surface area contributed by atoms with Crippen LogP contribution in [0.15, 0.2) is 59.4 Å². The van der Waals surface area contributed by atoms with Gasteiger partial charge in [0.15, 0.2) is 0 Å². The summed E-state index contributed by atoms with van der Waals surface area (Å²) >= 11 is 0. The second kappa shape index (κ2) is 6.48. The van der Waals surface area contributed by atoms with Crippen molar-refractivity contribution in [2.24, 2.45) is 0 Å². The summed E-state index contributed by atoms with van der Waals surface area (Å²) < 4.78 is 1.61. The van der Waals surface area contributed by atoms with E-state index in [4.69, 9.17) is 0 Å². The maximum absolute atomic E-state index is 12.6. The number of aromatic nitrogens is 3. The molecule has 0 saturated heterocycles. The number of hydrogen-bond donors (Lipinski definition) is 1. The van der Waals surface area contributed by atoms with E-state index in [1.807, 2.05) is 36.4 Å². The van der Waals surface area contributed by atoms with Crippen molar-refractivity contribution in [3.05, 3.63) is 86.3 Å². The van der Waals surface area contributed by atoms with Crippen molar-refractivity contribution in [2.45, 2.75) is 6.92 Å². The van der Waals surface area contributed by atoms with Crippen LogP contribution < -0.4 is 5.56 Å². The van der Waals surface area contributed by atoms with Crippen molar-refractivity contribution in [3.8, 4) is 22.9 Å². The van der Waals surface area contributed by atoms with E-state index in [1.54, 1.807) is 11.6 Å². The Balaban J connectivity index is 2.08. The zero-order valence-electron chi connectivity index (χ0n) is 14.7. The van der Waals surface area contributed by atoms with Crippen molar-refractivity contribution in [1.82, 2.24) is 14.8 Å². The normalized spacial score (nSPS) is 10.7. The number of rotatable bonds is 3. The maximum Gasteiger partial charge on any atom is 0.269 e. The van der Waals surface area contributed by atoms with Gasteiger partial charge in [0.05, 0.1) is 16.3 Å². The van der Waals surface area contributed by atoms with Crippen LogP contribution in [-0.2, 0) is 0 Å². The number of benzene rings is 2. The highest BCUT2D eigenvalue weighted by Gasteiger charge is 2.21. The standard InChI is InChI=1S/C20H13N5O3/c1-12-17-18(13-7-9-15(10-8-13)25(27)28)16(11-21)20(26)22-19(17)24(23-12)14-5-3-2-4-6-14/h2-10H,1H3,(H,22,26). The Bertz CT molecular complexity index is 1310. The molecule has 0 saturated carbocycles. The Hall–Kier alpha value is -4.25. The Morgan fingerprint density at radius 3 is 2.43 bits per heavy atom. The van der Waals surface area contributed by atoms with E-state index in [2.05, 4.69) is 10.1 Å². The van der Waals surface area contributed by atoms with Gasteiger partial charge in [-0.15, -0.1) is 0 Å². The zero-order chi connectivity index (χ0) is 19.8. The van der Waals surface area contributed by atoms with Gasteiger partial charge in [0.25, 0.3) is 11.2 Å². The van der Waals surface area contributed by atoms with Crippen LogP contribution in [0.1, 0.15) is 11.3 Å². The molecule has 0 unspecified atom stereocenters. The van der Waals surface area contributed by atoms with Crippen LogP contribution >= 0.6 is 0 Å². The fraction of sp³-hybridized carbons (Fsp3) is 0.0500. The molecule has 0 aliphatic carbocycles. The number of H-pyrrole nitrogens is 1. The predicted octanol–water partition coefficient (Wildman–Crippen LogP) is 3.47. The van der Waals surface area contributed by atoms with Gasteiger partial charge >= 0.3 is 0 Å². The van der Waals surface area contributed by atoms with E-state index >= 15 is 0 Å². The first-order valence-corrected chi connectivity index (χ1v) is 8.37. The van der Waals surface area contributed by atoms with Gasteiger partial charge in [0.2, 0.25) is 0 Å². The number of nitriles is 1. The number of hydrogen-bond acceptors (Lipinski definition) is 5. The molecule has 0 amide bonds. The number of non-ortho nitro benzene ring substituents is 1. The van der Waals surface area contributed by atoms with Crippen LogP contribution in [0.3, 0.4) is 0 Å². The summed E-state index contributed by atoms with van der Waals surface area (Å²) in [4.78, 5) is 25.8. The molecule has 4 aromatic rings. The molecule has 8 heteroatoms. The molecule has 0 fully saturated rings. The van der Waals surface area contributed by atoms with Gasteiger partial charge in [-0.2, -0.15) is 10.4 Å². The summed E-state index contributed by atoms with van der Waals surface area (Å²) in [6.45, 7) is 1.79. The van der Waals surface area contributed by atoms with Gasteiger partial charge in [0.1, 0.15) is 17.3 Å². The van der Waals surface area contributed by atoms with Crippen molar-refractivity contribution >= 4 is 16.7 Å². The number of aromatic amines is 1. The van der Waals surface area contributed by atoms with Crippen molar-refractivity contribution in [2.75, 3.05) is 0 Å². The molecular formula is C20H13N5O3. The monoisotopic (exact) mass is 371 g/mol. The summed E-state index contributed by atoms with van der Waals surface area (Å²) in [5.41, 5.74) is 2.12. The molecule has 0 radical (unpaired) electrons. The molecule has 2 aromatic carbocycles. The number of para-hydroxylation sites is 1. The fourth-order valence-corrected chi connectivity index (χ4v) is 3.25. The Labute approximate surface area is 158 Å². The summed E-state index contributed by atoms with van der Waals surface area (Å²) in [6.07, 6.45) is 0. The molecule has 0 spiro atoms. The van der Waals surface area contributed by atoms with E-state index < -0.39 is 10.5 Å². The highest BCUT2D eigenvalue weighted by molar-refractivity contribution is 5.98. The summed E-state index contributed by atoms with van der Waals surface area (Å²) in [5.74, 6) is 0. The summed E-state index contributed by atoms with van der Waals surface area (Å²) in [5, 5.41) is 25.7. The van der Waals surface area contributed by atoms with Crippen molar-refractivity contribution in [3.63, 3.8) is 0 Å². The molecule has 0 aliphatic rings. The lowest BCUT2D eigenvalue weighted by molar-refractivity contribution is -0.384. The molecule has 136 valence electrons. The first-order chi connectivity index (χ1) is 13.5. The zero-order valence-corrected chi connectivity index (χ0v) is 14.7. The van der Waals surface area contributed by atoms with Crippen LogP contribution in [0, 0.1) is 28.4 Å². The van der Waals surface area contributed by atoms with Gasteiger partial charge in [-0.25, -0.2) is 4.68 Å². The lowest BCUT2D eigenvalue weighted by Crippen LogP contribution is -2.13. The minimum atomic E-state index is -0.541. The highest BCUT2D eigenvalue weighted by Crippen LogP contribution is 2.33. The molecule has 8 nitrogen and oxygen atoms in total. The van der Waals surface area contributed by atoms with E-state index in [0.717, 1.165) is 5.69 Å². The molecule has 28 heavy (non-hydrogen) atoms. The van der Waals surface area contributed by atoms with Gasteiger partial charge in [-0.3, -0.25) is 14.9 Å². The topological polar surface area (TPSA) is 118 Å². The van der Waals surface area contributed by atoms with Crippen LogP contribution in [0.2, 0.25) is 0 Å². The third-order valence-electron chi connectivity index (χ3n) is 4.50. The summed E-state index contributed by atoms with van der Waals surface area (Å²) in [6, 6.07) is 17.0. The van der Waals surface area contributed by atoms with Crippen molar-refractivity contribution < 1.29 is 4.92 Å². The smallest absolute Gasteiger partial charge is 0.269 e. The molecule has 2 heterocycles. The average Bonchev–Trinajstić information content (AvgIpc) is 3.03. The lowest BCUT2D eigenvalue weighted by Gasteiger charge is -2.08. The minimum Gasteiger partial charge on any atom is -0.305 e. The van der Waals surface area contributed by atoms with Gasteiger partial charge in [0, 0.05) is 23.1 Å². The molecule has 0 bridgehead atoms. The number of nitro groups is 1. The van der Waals surface area contributed by atoms with Gasteiger partial charge in [-0.1, -0.05) is 18.2 Å². The predicted molar refractivity (Wildman–Crippen MR) is 103 cm³/mol. The molecule has 4 rings (SSSR count). The average molecular weight is 371 g/mol. The summed E-state index contributed by atoms with van der Waals surface area (Å²) in [7, 11) is 0. The highest BCUT2D eigenvalue weighted by atomic mass is 16.6. The number of fused-ring (bicyclic) bond motifs is 1. The fourth-order valence-electron chi connectivity index (χ4n) is 3.25. The third-order valence-corrected chi connectivity index (χ3v) is 4.50. The van der Waals surface area contributed by atoms with Crippen LogP contribution in [-0.4, -0.2) is 19.7 Å². The lowest BCUT2D eigenvalue weighted by atomic mass is 9.97. The number of nitro benzene ring substituents is 1. The van der Waals surface area contributed by atoms with E-state index in [1.165, 1.54) is 24.3 Å². The van der Waals surface area contributed by atoms with E-state index in [0.29, 0.717) is 27.9 Å². The number of pyridine rings is 1. The van der Waals surface area contributed by atoms with E-state index in [-0.39, 0.29) is 11.3 Å². The molecule has 0 aliphatic heterocycles. The van der Waals surface area contributed by atoms with Crippen LogP contribution in [0.25, 0.3) is 27.8 Å². The van der Waals surface area contributed by atoms with Gasteiger partial charge < -0.3 is 4.98 Å². The molecular weight excluding hydrogens is 358 g/mol. The maximum atomic E-state index is 12.6. The second-order valence-electron chi connectivity index (χ2n) is 6.18. The largest absolute Gasteiger partial charge is 0.305 e. The number of nitrogens with one attached hydrogen (secondary N) is 1. The van der Waals surface area contributed by atoms with Crippen LogP contribution in [0.4, 0.5) is 5.69 Å².